The second-order valence-corrected chi connectivity index (χ2v) is 5.79. The number of hydrogen-bond donors (Lipinski definition) is 1. The SMILES string of the molecule is CCCNC1CCCCCC1c1occc1Br. The minimum absolute atomic E-state index is 0.536. The van der Waals surface area contributed by atoms with Crippen LogP contribution in [0, 0.1) is 0 Å². The molecule has 96 valence electrons. The molecule has 2 atom stereocenters. The molecule has 0 radical (unpaired) electrons. The summed E-state index contributed by atoms with van der Waals surface area (Å²) in [7, 11) is 0. The molecular weight excluding hydrogens is 278 g/mol. The number of rotatable bonds is 4. The van der Waals surface area contributed by atoms with Gasteiger partial charge < -0.3 is 9.73 Å². The fraction of sp³-hybridized carbons (Fsp3) is 0.714. The van der Waals surface area contributed by atoms with E-state index in [-0.39, 0.29) is 0 Å². The Hall–Kier alpha value is -0.280. The summed E-state index contributed by atoms with van der Waals surface area (Å²) in [5.41, 5.74) is 0. The fourth-order valence-electron chi connectivity index (χ4n) is 2.77. The Morgan fingerprint density at radius 3 is 2.88 bits per heavy atom. The van der Waals surface area contributed by atoms with Crippen LogP contribution in [0.1, 0.15) is 57.1 Å². The fourth-order valence-corrected chi connectivity index (χ4v) is 3.26. The van der Waals surface area contributed by atoms with Gasteiger partial charge in [0.1, 0.15) is 5.76 Å². The molecule has 1 N–H and O–H groups in total. The van der Waals surface area contributed by atoms with Crippen LogP contribution in [0.4, 0.5) is 0 Å². The van der Waals surface area contributed by atoms with Gasteiger partial charge in [-0.25, -0.2) is 0 Å². The van der Waals surface area contributed by atoms with Crippen LogP contribution in [0.25, 0.3) is 0 Å². The summed E-state index contributed by atoms with van der Waals surface area (Å²) in [4.78, 5) is 0. The molecule has 0 aliphatic heterocycles. The lowest BCUT2D eigenvalue weighted by molar-refractivity contribution is 0.354. The molecule has 2 unspecified atom stereocenters. The van der Waals surface area contributed by atoms with E-state index in [2.05, 4.69) is 28.2 Å². The molecule has 3 heteroatoms. The highest BCUT2D eigenvalue weighted by atomic mass is 79.9. The molecule has 0 saturated heterocycles. The largest absolute Gasteiger partial charge is 0.468 e. The Morgan fingerprint density at radius 1 is 1.35 bits per heavy atom. The van der Waals surface area contributed by atoms with Crippen LogP contribution in [0.15, 0.2) is 21.2 Å². The van der Waals surface area contributed by atoms with Crippen molar-refractivity contribution in [3.05, 3.63) is 22.6 Å². The van der Waals surface area contributed by atoms with E-state index in [1.54, 1.807) is 6.26 Å². The molecule has 1 aromatic rings. The van der Waals surface area contributed by atoms with E-state index in [4.69, 9.17) is 4.42 Å². The van der Waals surface area contributed by atoms with Gasteiger partial charge in [-0.05, 0) is 47.8 Å². The van der Waals surface area contributed by atoms with Crippen LogP contribution in [0.5, 0.6) is 0 Å². The zero-order valence-corrected chi connectivity index (χ0v) is 12.1. The van der Waals surface area contributed by atoms with Gasteiger partial charge >= 0.3 is 0 Å². The van der Waals surface area contributed by atoms with E-state index < -0.39 is 0 Å². The molecule has 17 heavy (non-hydrogen) atoms. The Balaban J connectivity index is 2.11. The van der Waals surface area contributed by atoms with E-state index in [1.165, 1.54) is 38.5 Å². The Kier molecular flexibility index (Phi) is 5.11. The second-order valence-electron chi connectivity index (χ2n) is 4.94. The van der Waals surface area contributed by atoms with Crippen molar-refractivity contribution >= 4 is 15.9 Å². The topological polar surface area (TPSA) is 25.2 Å². The lowest BCUT2D eigenvalue weighted by Gasteiger charge is -2.25. The average Bonchev–Trinajstić information content (AvgIpc) is 2.63. The van der Waals surface area contributed by atoms with Crippen LogP contribution in [0.3, 0.4) is 0 Å². The van der Waals surface area contributed by atoms with Crippen molar-refractivity contribution in [1.29, 1.82) is 0 Å². The average molecular weight is 300 g/mol. The minimum atomic E-state index is 0.536. The van der Waals surface area contributed by atoms with Gasteiger partial charge in [0.25, 0.3) is 0 Å². The van der Waals surface area contributed by atoms with Crippen LogP contribution >= 0.6 is 15.9 Å². The first-order valence-electron chi connectivity index (χ1n) is 6.79. The number of furan rings is 1. The highest BCUT2D eigenvalue weighted by molar-refractivity contribution is 9.10. The Morgan fingerprint density at radius 2 is 2.18 bits per heavy atom. The maximum atomic E-state index is 5.68. The molecule has 1 aromatic heterocycles. The molecule has 1 aliphatic rings. The third-order valence-corrected chi connectivity index (χ3v) is 4.31. The molecule has 1 saturated carbocycles. The van der Waals surface area contributed by atoms with E-state index >= 15 is 0 Å². The lowest BCUT2D eigenvalue weighted by atomic mass is 9.92. The monoisotopic (exact) mass is 299 g/mol. The van der Waals surface area contributed by atoms with Gasteiger partial charge in [0.15, 0.2) is 0 Å². The van der Waals surface area contributed by atoms with E-state index in [0.717, 1.165) is 16.8 Å². The lowest BCUT2D eigenvalue weighted by Crippen LogP contribution is -2.34. The highest BCUT2D eigenvalue weighted by Crippen LogP contribution is 2.36. The van der Waals surface area contributed by atoms with Crippen molar-refractivity contribution in [2.45, 2.75) is 57.4 Å². The van der Waals surface area contributed by atoms with Gasteiger partial charge in [0, 0.05) is 12.0 Å². The molecule has 1 heterocycles. The maximum Gasteiger partial charge on any atom is 0.122 e. The summed E-state index contributed by atoms with van der Waals surface area (Å²) < 4.78 is 6.81. The molecule has 2 rings (SSSR count). The van der Waals surface area contributed by atoms with Crippen LogP contribution in [-0.2, 0) is 0 Å². The Labute approximate surface area is 112 Å². The molecule has 0 amide bonds. The van der Waals surface area contributed by atoms with Crippen molar-refractivity contribution in [2.75, 3.05) is 6.54 Å². The normalized spacial score (nSPS) is 25.8. The van der Waals surface area contributed by atoms with Gasteiger partial charge in [-0.2, -0.15) is 0 Å². The number of nitrogens with one attached hydrogen (secondary N) is 1. The van der Waals surface area contributed by atoms with Gasteiger partial charge in [-0.3, -0.25) is 0 Å². The third-order valence-electron chi connectivity index (χ3n) is 3.65. The van der Waals surface area contributed by atoms with Crippen molar-refractivity contribution in [1.82, 2.24) is 5.32 Å². The first-order chi connectivity index (χ1) is 8.33. The van der Waals surface area contributed by atoms with E-state index in [9.17, 15) is 0 Å². The zero-order chi connectivity index (χ0) is 12.1. The van der Waals surface area contributed by atoms with Gasteiger partial charge in [-0.1, -0.05) is 26.2 Å². The molecule has 1 fully saturated rings. The number of hydrogen-bond acceptors (Lipinski definition) is 2. The molecule has 1 aliphatic carbocycles. The number of halogens is 1. The minimum Gasteiger partial charge on any atom is -0.468 e. The molecule has 0 spiro atoms. The zero-order valence-electron chi connectivity index (χ0n) is 10.5. The first kappa shape index (κ1) is 13.2. The van der Waals surface area contributed by atoms with E-state index in [1.807, 2.05) is 6.07 Å². The summed E-state index contributed by atoms with van der Waals surface area (Å²) in [6.07, 6.45) is 9.53. The van der Waals surface area contributed by atoms with Crippen molar-refractivity contribution in [2.24, 2.45) is 0 Å². The quantitative estimate of drug-likeness (QED) is 0.831. The van der Waals surface area contributed by atoms with Gasteiger partial charge in [-0.15, -0.1) is 0 Å². The summed E-state index contributed by atoms with van der Waals surface area (Å²) >= 11 is 3.60. The smallest absolute Gasteiger partial charge is 0.122 e. The van der Waals surface area contributed by atoms with Crippen LogP contribution in [-0.4, -0.2) is 12.6 Å². The summed E-state index contributed by atoms with van der Waals surface area (Å²) in [6.45, 7) is 3.33. The summed E-state index contributed by atoms with van der Waals surface area (Å²) in [6, 6.07) is 2.59. The van der Waals surface area contributed by atoms with Gasteiger partial charge in [0.2, 0.25) is 0 Å². The van der Waals surface area contributed by atoms with Crippen LogP contribution < -0.4 is 5.32 Å². The first-order valence-corrected chi connectivity index (χ1v) is 7.58. The maximum absolute atomic E-state index is 5.68. The van der Waals surface area contributed by atoms with Gasteiger partial charge in [0.05, 0.1) is 10.7 Å². The Bertz CT molecular complexity index is 337. The van der Waals surface area contributed by atoms with E-state index in [0.29, 0.717) is 12.0 Å². The standard InChI is InChI=1S/C14H22BrNO/c1-2-9-16-13-7-5-3-4-6-11(13)14-12(15)8-10-17-14/h8,10-11,13,16H,2-7,9H2,1H3. The predicted octanol–water partition coefficient (Wildman–Crippen LogP) is 4.46. The molecule has 0 bridgehead atoms. The van der Waals surface area contributed by atoms with Crippen LogP contribution in [0.2, 0.25) is 0 Å². The van der Waals surface area contributed by atoms with Crippen molar-refractivity contribution < 1.29 is 4.42 Å². The summed E-state index contributed by atoms with van der Waals surface area (Å²) in [5, 5.41) is 3.70. The highest BCUT2D eigenvalue weighted by Gasteiger charge is 2.28. The van der Waals surface area contributed by atoms with Crippen molar-refractivity contribution in [3.8, 4) is 0 Å². The third kappa shape index (κ3) is 3.35. The van der Waals surface area contributed by atoms with Crippen molar-refractivity contribution in [3.63, 3.8) is 0 Å². The molecule has 2 nitrogen and oxygen atoms in total. The molecular formula is C14H22BrNO. The predicted molar refractivity (Wildman–Crippen MR) is 74.3 cm³/mol. The summed E-state index contributed by atoms with van der Waals surface area (Å²) in [5.74, 6) is 1.67. The molecule has 0 aromatic carbocycles. The second kappa shape index (κ2) is 6.60.